The van der Waals surface area contributed by atoms with Crippen LogP contribution in [0.1, 0.15) is 23.3 Å². The summed E-state index contributed by atoms with van der Waals surface area (Å²) in [6.07, 6.45) is 4.61. The highest BCUT2D eigenvalue weighted by atomic mass is 35.5. The highest BCUT2D eigenvalue weighted by Gasteiger charge is 2.51. The Morgan fingerprint density at radius 3 is 2.56 bits per heavy atom. The molecule has 7 nitrogen and oxygen atoms in total. The first-order valence-corrected chi connectivity index (χ1v) is 13.8. The second-order valence-electron chi connectivity index (χ2n) is 9.35. The zero-order valence-electron chi connectivity index (χ0n) is 20.5. The smallest absolute Gasteiger partial charge is 0.243 e. The summed E-state index contributed by atoms with van der Waals surface area (Å²) in [6.45, 7) is -0.165. The molecule has 1 aliphatic carbocycles. The van der Waals surface area contributed by atoms with Crippen molar-refractivity contribution < 1.29 is 22.0 Å². The summed E-state index contributed by atoms with van der Waals surface area (Å²) in [7, 11) is -4.19. The second-order valence-corrected chi connectivity index (χ2v) is 11.7. The number of benzene rings is 2. The summed E-state index contributed by atoms with van der Waals surface area (Å²) in [5.41, 5.74) is 1.12. The Labute approximate surface area is 229 Å². The highest BCUT2D eigenvalue weighted by molar-refractivity contribution is 7.89. The lowest BCUT2D eigenvalue weighted by Gasteiger charge is -2.45. The summed E-state index contributed by atoms with van der Waals surface area (Å²) < 4.78 is 55.9. The maximum absolute atomic E-state index is 14.2. The molecule has 0 saturated carbocycles. The largest absolute Gasteiger partial charge is 0.355 e. The molecule has 3 aromatic rings. The molecule has 0 spiro atoms. The summed E-state index contributed by atoms with van der Waals surface area (Å²) in [6, 6.07) is 13.9. The SMILES string of the molecule is N=CC1=C(Nc2ccc(F)cc2)C=C2CCN(S(=O)(=O)c3ccc(Cl)c(F)c3)CC2(C(=O)c2ccccn2)C1. The van der Waals surface area contributed by atoms with Crippen LogP contribution in [0.4, 0.5) is 14.5 Å². The molecular weight excluding hydrogens is 546 g/mol. The van der Waals surface area contributed by atoms with Gasteiger partial charge in [0.1, 0.15) is 17.3 Å². The third-order valence-corrected chi connectivity index (χ3v) is 9.15. The molecule has 2 heterocycles. The van der Waals surface area contributed by atoms with Crippen molar-refractivity contribution in [2.45, 2.75) is 17.7 Å². The van der Waals surface area contributed by atoms with Gasteiger partial charge in [0, 0.05) is 36.9 Å². The van der Waals surface area contributed by atoms with Crippen LogP contribution in [-0.2, 0) is 10.0 Å². The van der Waals surface area contributed by atoms with Crippen LogP contribution in [0.15, 0.2) is 94.7 Å². The summed E-state index contributed by atoms with van der Waals surface area (Å²) in [5, 5.41) is 11.1. The zero-order valence-corrected chi connectivity index (χ0v) is 22.1. The van der Waals surface area contributed by atoms with E-state index in [0.717, 1.165) is 12.3 Å². The number of aromatic nitrogens is 1. The molecule has 200 valence electrons. The van der Waals surface area contributed by atoms with Crippen molar-refractivity contribution in [2.75, 3.05) is 18.4 Å². The number of halogens is 3. The Balaban J connectivity index is 1.57. The predicted molar refractivity (Wildman–Crippen MR) is 144 cm³/mol. The van der Waals surface area contributed by atoms with Crippen LogP contribution in [0.3, 0.4) is 0 Å². The minimum absolute atomic E-state index is 0.0300. The number of anilines is 1. The first kappa shape index (κ1) is 26.9. The molecular formula is C28H23ClF2N4O3S. The van der Waals surface area contributed by atoms with Gasteiger partial charge in [0.05, 0.1) is 15.3 Å². The predicted octanol–water partition coefficient (Wildman–Crippen LogP) is 5.62. The van der Waals surface area contributed by atoms with E-state index in [-0.39, 0.29) is 47.3 Å². The number of allylic oxidation sites excluding steroid dienone is 2. The molecule has 2 aliphatic rings. The number of piperidine rings is 1. The van der Waals surface area contributed by atoms with Gasteiger partial charge in [0.15, 0.2) is 5.78 Å². The molecule has 0 radical (unpaired) electrons. The van der Waals surface area contributed by atoms with E-state index in [9.17, 15) is 22.0 Å². The van der Waals surface area contributed by atoms with Crippen molar-refractivity contribution in [3.63, 3.8) is 0 Å². The maximum Gasteiger partial charge on any atom is 0.243 e. The molecule has 0 amide bonds. The first-order valence-electron chi connectivity index (χ1n) is 12.0. The quantitative estimate of drug-likeness (QED) is 0.284. The van der Waals surface area contributed by atoms with E-state index in [1.54, 1.807) is 36.4 Å². The fourth-order valence-electron chi connectivity index (χ4n) is 5.00. The molecule has 11 heteroatoms. The van der Waals surface area contributed by atoms with E-state index >= 15 is 0 Å². The van der Waals surface area contributed by atoms with Gasteiger partial charge in [-0.1, -0.05) is 23.2 Å². The van der Waals surface area contributed by atoms with E-state index in [2.05, 4.69) is 10.3 Å². The monoisotopic (exact) mass is 568 g/mol. The van der Waals surface area contributed by atoms with Gasteiger partial charge in [-0.3, -0.25) is 9.78 Å². The first-order chi connectivity index (χ1) is 18.6. The molecule has 1 aromatic heterocycles. The van der Waals surface area contributed by atoms with Crippen molar-refractivity contribution in [3.05, 3.63) is 112 Å². The van der Waals surface area contributed by atoms with Gasteiger partial charge >= 0.3 is 0 Å². The average Bonchev–Trinajstić information content (AvgIpc) is 2.95. The van der Waals surface area contributed by atoms with Crippen LogP contribution in [0.2, 0.25) is 5.02 Å². The van der Waals surface area contributed by atoms with Crippen molar-refractivity contribution in [1.29, 1.82) is 5.41 Å². The topological polar surface area (TPSA) is 103 Å². The summed E-state index contributed by atoms with van der Waals surface area (Å²) in [5.74, 6) is -1.63. The van der Waals surface area contributed by atoms with Crippen LogP contribution >= 0.6 is 11.6 Å². The normalized spacial score (nSPS) is 19.7. The third kappa shape index (κ3) is 5.03. The molecule has 2 N–H and O–H groups in total. The standard InChI is InChI=1S/C28H23ClF2N4O3S/c29-23-9-8-22(14-24(23)31)39(37,38)35-12-10-19-13-26(34-21-6-4-20(30)5-7-21)18(16-32)15-28(19,17-35)27(36)25-3-1-2-11-33-25/h1-9,11,13-14,16,32,34H,10,12,15,17H2. The minimum atomic E-state index is -4.19. The lowest BCUT2D eigenvalue weighted by Crippen LogP contribution is -2.52. The van der Waals surface area contributed by atoms with Crippen molar-refractivity contribution >= 4 is 39.3 Å². The third-order valence-electron chi connectivity index (χ3n) is 7.01. The average molecular weight is 569 g/mol. The van der Waals surface area contributed by atoms with E-state index < -0.39 is 27.1 Å². The number of nitrogens with one attached hydrogen (secondary N) is 2. The fraction of sp³-hybridized carbons (Fsp3) is 0.179. The number of hydrogen-bond donors (Lipinski definition) is 2. The van der Waals surface area contributed by atoms with Crippen molar-refractivity contribution in [1.82, 2.24) is 9.29 Å². The second kappa shape index (κ2) is 10.4. The van der Waals surface area contributed by atoms with Gasteiger partial charge < -0.3 is 10.7 Å². The Kier molecular flexibility index (Phi) is 7.19. The zero-order chi connectivity index (χ0) is 27.8. The van der Waals surface area contributed by atoms with Gasteiger partial charge in [-0.25, -0.2) is 17.2 Å². The van der Waals surface area contributed by atoms with Gasteiger partial charge in [-0.05, 0) is 79.1 Å². The van der Waals surface area contributed by atoms with Gasteiger partial charge in [-0.15, -0.1) is 0 Å². The summed E-state index contributed by atoms with van der Waals surface area (Å²) in [4.78, 5) is 18.0. The molecule has 1 fully saturated rings. The van der Waals surface area contributed by atoms with Crippen molar-refractivity contribution in [2.24, 2.45) is 5.41 Å². The lowest BCUT2D eigenvalue weighted by atomic mass is 9.65. The highest BCUT2D eigenvalue weighted by Crippen LogP contribution is 2.47. The number of nitrogens with zero attached hydrogens (tertiary/aromatic N) is 2. The number of carbonyl (C=O) groups excluding carboxylic acids is 1. The lowest BCUT2D eigenvalue weighted by molar-refractivity contribution is 0.0770. The van der Waals surface area contributed by atoms with Crippen molar-refractivity contribution in [3.8, 4) is 0 Å². The Hall–Kier alpha value is -3.73. The number of sulfonamides is 1. The number of hydrogen-bond acceptors (Lipinski definition) is 6. The maximum atomic E-state index is 14.2. The molecule has 1 atom stereocenters. The molecule has 2 aromatic carbocycles. The Morgan fingerprint density at radius 1 is 1.13 bits per heavy atom. The Morgan fingerprint density at radius 2 is 1.90 bits per heavy atom. The van der Waals surface area contributed by atoms with Crippen LogP contribution in [0, 0.1) is 22.5 Å². The molecule has 5 rings (SSSR count). The van der Waals surface area contributed by atoms with Crippen LogP contribution in [-0.4, -0.2) is 42.8 Å². The van der Waals surface area contributed by atoms with E-state index in [1.807, 2.05) is 0 Å². The molecule has 0 bridgehead atoms. The fourth-order valence-corrected chi connectivity index (χ4v) is 6.63. The number of rotatable bonds is 7. The van der Waals surface area contributed by atoms with Gasteiger partial charge in [0.25, 0.3) is 0 Å². The number of ketones is 1. The molecule has 1 aliphatic heterocycles. The van der Waals surface area contributed by atoms with Crippen LogP contribution in [0.5, 0.6) is 0 Å². The number of fused-ring (bicyclic) bond motifs is 1. The number of Topliss-reactive ketones (excluding diaryl/α,β-unsaturated/α-hetero) is 1. The van der Waals surface area contributed by atoms with Gasteiger partial charge in [-0.2, -0.15) is 4.31 Å². The summed E-state index contributed by atoms with van der Waals surface area (Å²) >= 11 is 5.76. The van der Waals surface area contributed by atoms with E-state index in [1.165, 1.54) is 34.8 Å². The minimum Gasteiger partial charge on any atom is -0.355 e. The van der Waals surface area contributed by atoms with Crippen LogP contribution < -0.4 is 5.32 Å². The van der Waals surface area contributed by atoms with E-state index in [0.29, 0.717) is 22.5 Å². The molecule has 1 saturated heterocycles. The number of pyridine rings is 1. The van der Waals surface area contributed by atoms with Gasteiger partial charge in [0.2, 0.25) is 10.0 Å². The van der Waals surface area contributed by atoms with Crippen LogP contribution in [0.25, 0.3) is 0 Å². The molecule has 39 heavy (non-hydrogen) atoms. The Bertz CT molecular complexity index is 1630. The number of carbonyl (C=O) groups is 1. The molecule has 1 unspecified atom stereocenters. The van der Waals surface area contributed by atoms with E-state index in [4.69, 9.17) is 17.0 Å².